The Balaban J connectivity index is 1.38. The number of anilines is 2. The highest BCUT2D eigenvalue weighted by atomic mass is 32.1. The fourth-order valence-corrected chi connectivity index (χ4v) is 4.84. The van der Waals surface area contributed by atoms with E-state index in [-0.39, 0.29) is 24.3 Å². The fraction of sp³-hybridized carbons (Fsp3) is 0.632. The van der Waals surface area contributed by atoms with E-state index in [9.17, 15) is 8.78 Å². The number of thiazole rings is 1. The lowest BCUT2D eigenvalue weighted by atomic mass is 9.78. The highest BCUT2D eigenvalue weighted by Crippen LogP contribution is 2.41. The summed E-state index contributed by atoms with van der Waals surface area (Å²) in [5.74, 6) is -0.395. The van der Waals surface area contributed by atoms with E-state index < -0.39 is 5.92 Å². The Morgan fingerprint density at radius 2 is 1.93 bits per heavy atom. The van der Waals surface area contributed by atoms with Crippen LogP contribution in [-0.2, 0) is 4.74 Å². The molecule has 1 N–H and O–H groups in total. The third-order valence-electron chi connectivity index (χ3n) is 5.79. The maximum absolute atomic E-state index is 13.5. The van der Waals surface area contributed by atoms with Gasteiger partial charge in [-0.05, 0) is 19.8 Å². The van der Waals surface area contributed by atoms with Crippen molar-refractivity contribution in [2.45, 2.75) is 44.6 Å². The fourth-order valence-electron chi connectivity index (χ4n) is 4.12. The van der Waals surface area contributed by atoms with Crippen molar-refractivity contribution >= 4 is 23.0 Å². The molecule has 150 valence electrons. The van der Waals surface area contributed by atoms with E-state index in [4.69, 9.17) is 9.72 Å². The van der Waals surface area contributed by atoms with Crippen molar-refractivity contribution in [3.05, 3.63) is 17.1 Å². The summed E-state index contributed by atoms with van der Waals surface area (Å²) in [5.41, 5.74) is 1.22. The lowest BCUT2D eigenvalue weighted by molar-refractivity contribution is -0.127. The van der Waals surface area contributed by atoms with Crippen molar-refractivity contribution in [3.8, 4) is 10.8 Å². The molecule has 0 aromatic carbocycles. The van der Waals surface area contributed by atoms with Crippen LogP contribution in [0.5, 0.6) is 0 Å². The van der Waals surface area contributed by atoms with Gasteiger partial charge in [-0.15, -0.1) is 11.3 Å². The Kier molecular flexibility index (Phi) is 4.28. The van der Waals surface area contributed by atoms with E-state index in [1.807, 2.05) is 18.4 Å². The molecule has 2 saturated heterocycles. The van der Waals surface area contributed by atoms with Gasteiger partial charge in [-0.3, -0.25) is 0 Å². The van der Waals surface area contributed by atoms with Crippen molar-refractivity contribution in [3.63, 3.8) is 0 Å². The molecule has 5 rings (SSSR count). The minimum atomic E-state index is -2.53. The largest absolute Gasteiger partial charge is 0.380 e. The molecule has 2 aliphatic heterocycles. The summed E-state index contributed by atoms with van der Waals surface area (Å²) in [6, 6.07) is 1.94. The van der Waals surface area contributed by atoms with Gasteiger partial charge in [-0.2, -0.15) is 0 Å². The summed E-state index contributed by atoms with van der Waals surface area (Å²) in [6.07, 6.45) is 0.746. The second-order valence-electron chi connectivity index (χ2n) is 8.35. The lowest BCUT2D eigenvalue weighted by Crippen LogP contribution is -2.66. The Hall–Kier alpha value is -1.87. The summed E-state index contributed by atoms with van der Waals surface area (Å²) in [6.45, 7) is 5.43. The van der Waals surface area contributed by atoms with Gasteiger partial charge in [0.2, 0.25) is 5.92 Å². The monoisotopic (exact) mass is 407 g/mol. The van der Waals surface area contributed by atoms with Gasteiger partial charge < -0.3 is 15.0 Å². The lowest BCUT2D eigenvalue weighted by Gasteiger charge is -2.55. The molecule has 0 bridgehead atoms. The van der Waals surface area contributed by atoms with Crippen LogP contribution in [0.2, 0.25) is 0 Å². The van der Waals surface area contributed by atoms with E-state index in [1.165, 1.54) is 11.3 Å². The molecule has 28 heavy (non-hydrogen) atoms. The van der Waals surface area contributed by atoms with E-state index in [0.717, 1.165) is 42.8 Å². The zero-order chi connectivity index (χ0) is 19.4. The quantitative estimate of drug-likeness (QED) is 0.833. The average molecular weight is 407 g/mol. The van der Waals surface area contributed by atoms with E-state index in [2.05, 4.69) is 20.2 Å². The van der Waals surface area contributed by atoms with Gasteiger partial charge in [0.25, 0.3) is 0 Å². The minimum absolute atomic E-state index is 0.0102. The number of aromatic nitrogens is 3. The zero-order valence-corrected chi connectivity index (χ0v) is 16.6. The molecule has 1 saturated carbocycles. The molecule has 2 aromatic rings. The van der Waals surface area contributed by atoms with Gasteiger partial charge in [0, 0.05) is 49.1 Å². The molecular weight excluding hydrogens is 384 g/mol. The Morgan fingerprint density at radius 3 is 2.54 bits per heavy atom. The number of ether oxygens (including phenoxy) is 1. The van der Waals surface area contributed by atoms with E-state index >= 15 is 0 Å². The van der Waals surface area contributed by atoms with Crippen LogP contribution in [0.15, 0.2) is 11.4 Å². The molecule has 0 amide bonds. The summed E-state index contributed by atoms with van der Waals surface area (Å²) < 4.78 is 32.3. The van der Waals surface area contributed by atoms with Crippen molar-refractivity contribution in [2.75, 3.05) is 36.5 Å². The summed E-state index contributed by atoms with van der Waals surface area (Å²) in [4.78, 5) is 16.1. The Bertz CT molecular complexity index is 867. The molecule has 0 unspecified atom stereocenters. The molecule has 1 spiro atoms. The minimum Gasteiger partial charge on any atom is -0.380 e. The maximum atomic E-state index is 13.5. The predicted molar refractivity (Wildman–Crippen MR) is 104 cm³/mol. The number of aryl methyl sites for hydroxylation is 1. The first-order valence-corrected chi connectivity index (χ1v) is 10.6. The van der Waals surface area contributed by atoms with Crippen molar-refractivity contribution in [1.29, 1.82) is 0 Å². The third-order valence-corrected chi connectivity index (χ3v) is 6.74. The first-order chi connectivity index (χ1) is 13.4. The molecule has 1 aliphatic carbocycles. The van der Waals surface area contributed by atoms with Gasteiger partial charge >= 0.3 is 0 Å². The van der Waals surface area contributed by atoms with Crippen LogP contribution in [0, 0.1) is 12.3 Å². The van der Waals surface area contributed by atoms with Crippen LogP contribution >= 0.6 is 11.3 Å². The molecule has 6 nitrogen and oxygen atoms in total. The van der Waals surface area contributed by atoms with Crippen molar-refractivity contribution in [2.24, 2.45) is 5.41 Å². The standard InChI is InChI=1S/C19H23F2N5OS/c1-12-7-28-17(22-12)16-24-14(23-13-2-4-19(20,21)5-3-13)6-15(25-16)26-8-18(9-26)10-27-11-18/h6-7,13H,2-5,8-11H2,1H3,(H,23,24,25). The Morgan fingerprint density at radius 1 is 1.18 bits per heavy atom. The molecule has 9 heteroatoms. The molecule has 0 radical (unpaired) electrons. The number of halogens is 2. The summed E-state index contributed by atoms with van der Waals surface area (Å²) >= 11 is 1.52. The molecule has 2 aromatic heterocycles. The van der Waals surface area contributed by atoms with Gasteiger partial charge in [0.15, 0.2) is 10.8 Å². The highest BCUT2D eigenvalue weighted by molar-refractivity contribution is 7.13. The number of hydrogen-bond donors (Lipinski definition) is 1. The first-order valence-electron chi connectivity index (χ1n) is 9.69. The number of rotatable bonds is 4. The van der Waals surface area contributed by atoms with Gasteiger partial charge in [-0.1, -0.05) is 0 Å². The summed E-state index contributed by atoms with van der Waals surface area (Å²) in [7, 11) is 0. The first kappa shape index (κ1) is 18.2. The van der Waals surface area contributed by atoms with Gasteiger partial charge in [0.1, 0.15) is 11.6 Å². The molecule has 3 aliphatic rings. The third kappa shape index (κ3) is 3.45. The second-order valence-corrected chi connectivity index (χ2v) is 9.21. The maximum Gasteiger partial charge on any atom is 0.248 e. The number of hydrogen-bond acceptors (Lipinski definition) is 7. The SMILES string of the molecule is Cc1csc(-c2nc(NC3CCC(F)(F)CC3)cc(N3CC4(COC4)C3)n2)n1. The molecule has 3 fully saturated rings. The predicted octanol–water partition coefficient (Wildman–Crippen LogP) is 3.73. The normalized spacial score (nSPS) is 23.3. The van der Waals surface area contributed by atoms with Crippen molar-refractivity contribution < 1.29 is 13.5 Å². The van der Waals surface area contributed by atoms with Gasteiger partial charge in [0.05, 0.1) is 18.6 Å². The van der Waals surface area contributed by atoms with Crippen LogP contribution < -0.4 is 10.2 Å². The van der Waals surface area contributed by atoms with Crippen molar-refractivity contribution in [1.82, 2.24) is 15.0 Å². The Labute approximate surface area is 166 Å². The average Bonchev–Trinajstić information content (AvgIpc) is 3.01. The van der Waals surface area contributed by atoms with Crippen LogP contribution in [0.3, 0.4) is 0 Å². The summed E-state index contributed by atoms with van der Waals surface area (Å²) in [5, 5.41) is 6.12. The molecule has 0 atom stereocenters. The van der Waals surface area contributed by atoms with Crippen LogP contribution in [-0.4, -0.2) is 53.2 Å². The number of nitrogens with one attached hydrogen (secondary N) is 1. The second kappa shape index (κ2) is 6.59. The van der Waals surface area contributed by atoms with Crippen LogP contribution in [0.4, 0.5) is 20.4 Å². The number of nitrogens with zero attached hydrogens (tertiary/aromatic N) is 4. The zero-order valence-electron chi connectivity index (χ0n) is 15.8. The molecule has 4 heterocycles. The number of alkyl halides is 2. The smallest absolute Gasteiger partial charge is 0.248 e. The van der Waals surface area contributed by atoms with Crippen LogP contribution in [0.25, 0.3) is 10.8 Å². The van der Waals surface area contributed by atoms with E-state index in [1.54, 1.807) is 0 Å². The van der Waals surface area contributed by atoms with Crippen LogP contribution in [0.1, 0.15) is 31.4 Å². The van der Waals surface area contributed by atoms with E-state index in [0.29, 0.717) is 24.5 Å². The van der Waals surface area contributed by atoms with Gasteiger partial charge in [-0.25, -0.2) is 23.7 Å². The highest BCUT2D eigenvalue weighted by Gasteiger charge is 2.49. The topological polar surface area (TPSA) is 63.2 Å². The molecular formula is C19H23F2N5OS.